The summed E-state index contributed by atoms with van der Waals surface area (Å²) in [6.45, 7) is 3.11. The van der Waals surface area contributed by atoms with Crippen LogP contribution in [0.3, 0.4) is 0 Å². The second kappa shape index (κ2) is 8.92. The number of nitrogens with one attached hydrogen (secondary N) is 2. The van der Waals surface area contributed by atoms with Crippen LogP contribution < -0.4 is 21.1 Å². The van der Waals surface area contributed by atoms with Gasteiger partial charge in [-0.25, -0.2) is 9.79 Å². The number of benzene rings is 1. The average molecular weight is 506 g/mol. The number of piperidine rings is 1. The van der Waals surface area contributed by atoms with Gasteiger partial charge in [-0.15, -0.1) is 0 Å². The number of hydrogen-bond acceptors (Lipinski definition) is 9. The van der Waals surface area contributed by atoms with Crippen LogP contribution in [0.25, 0.3) is 0 Å². The maximum absolute atomic E-state index is 13.1. The minimum Gasteiger partial charge on any atom is -0.497 e. The van der Waals surface area contributed by atoms with E-state index in [0.717, 1.165) is 5.56 Å². The lowest BCUT2D eigenvalue weighted by molar-refractivity contribution is -0.122. The van der Waals surface area contributed by atoms with Crippen molar-refractivity contribution in [3.63, 3.8) is 0 Å². The molecule has 2 atom stereocenters. The minimum atomic E-state index is -1.67. The quantitative estimate of drug-likeness (QED) is 0.373. The summed E-state index contributed by atoms with van der Waals surface area (Å²) in [5, 5.41) is 4.83. The third-order valence-corrected chi connectivity index (χ3v) is 7.04. The molecule has 2 saturated heterocycles. The van der Waals surface area contributed by atoms with Crippen LogP contribution >= 0.6 is 0 Å². The topological polar surface area (TPSA) is 159 Å². The van der Waals surface area contributed by atoms with Crippen LogP contribution in [0.15, 0.2) is 28.2 Å². The van der Waals surface area contributed by atoms with Crippen molar-refractivity contribution in [2.45, 2.75) is 31.8 Å². The highest BCUT2D eigenvalue weighted by atomic mass is 16.5. The number of amides is 4. The molecule has 4 aliphatic heterocycles. The number of ether oxygens (including phenoxy) is 1. The molecule has 4 N–H and O–H groups in total. The molecule has 37 heavy (non-hydrogen) atoms. The SMILES string of the molecule is COc1ccc2c(c1)C(=O)N(CC1(C#CC3(C)CN=C(N4CCC(=O)CC4)N=C3N)NC(=O)NC1=O)C2. The van der Waals surface area contributed by atoms with E-state index in [-0.39, 0.29) is 37.2 Å². The lowest BCUT2D eigenvalue weighted by atomic mass is 9.87. The first-order valence-corrected chi connectivity index (χ1v) is 11.9. The Morgan fingerprint density at radius 2 is 1.92 bits per heavy atom. The second-order valence-electron chi connectivity index (χ2n) is 9.72. The second-order valence-corrected chi connectivity index (χ2v) is 9.72. The number of amidine groups is 1. The van der Waals surface area contributed by atoms with E-state index in [2.05, 4.69) is 32.5 Å². The van der Waals surface area contributed by atoms with E-state index in [4.69, 9.17) is 10.5 Å². The number of likely N-dealkylation sites (tertiary alicyclic amines) is 1. The van der Waals surface area contributed by atoms with Gasteiger partial charge in [-0.3, -0.25) is 19.7 Å². The molecule has 12 heteroatoms. The van der Waals surface area contributed by atoms with Crippen LogP contribution in [0.1, 0.15) is 35.7 Å². The third kappa shape index (κ3) is 4.37. The Kier molecular flexibility index (Phi) is 5.86. The summed E-state index contributed by atoms with van der Waals surface area (Å²) in [5.74, 6) is 6.43. The standard InChI is InChI=1S/C25H27N7O5/c1-24(13-27-22(28-20(24)26)31-9-5-16(33)6-10-31)7-8-25(21(35)29-23(36)30-25)14-32-12-15-3-4-17(37-2)11-18(15)19(32)34/h3-4,11H,5-6,9-10,12-14H2,1-2H3,(H2,26,27,28)(H2,29,30,35,36). The number of aliphatic imine (C=N–C) groups is 2. The van der Waals surface area contributed by atoms with Crippen LogP contribution in [0.5, 0.6) is 5.75 Å². The maximum Gasteiger partial charge on any atom is 0.323 e. The van der Waals surface area contributed by atoms with Crippen molar-refractivity contribution in [2.75, 3.05) is 33.3 Å². The lowest BCUT2D eigenvalue weighted by Crippen LogP contribution is -2.55. The molecule has 1 aromatic carbocycles. The molecule has 192 valence electrons. The third-order valence-electron chi connectivity index (χ3n) is 7.04. The first-order valence-electron chi connectivity index (χ1n) is 11.9. The van der Waals surface area contributed by atoms with Crippen LogP contribution in [0.2, 0.25) is 0 Å². The number of ketones is 1. The average Bonchev–Trinajstić information content (AvgIpc) is 3.34. The van der Waals surface area contributed by atoms with Crippen LogP contribution in [-0.2, 0) is 16.1 Å². The van der Waals surface area contributed by atoms with Crippen molar-refractivity contribution in [1.82, 2.24) is 20.4 Å². The van der Waals surface area contributed by atoms with Crippen LogP contribution in [0.4, 0.5) is 4.79 Å². The van der Waals surface area contributed by atoms with E-state index >= 15 is 0 Å². The molecule has 1 aromatic rings. The molecule has 2 fully saturated rings. The molecule has 0 aliphatic carbocycles. The number of carbonyl (C=O) groups is 4. The van der Waals surface area contributed by atoms with Gasteiger partial charge >= 0.3 is 6.03 Å². The number of imide groups is 1. The Hall–Kier alpha value is -4.40. The fraction of sp³-hybridized carbons (Fsp3) is 0.440. The summed E-state index contributed by atoms with van der Waals surface area (Å²) < 4.78 is 5.22. The molecule has 2 unspecified atom stereocenters. The van der Waals surface area contributed by atoms with Gasteiger partial charge in [0.25, 0.3) is 11.8 Å². The van der Waals surface area contributed by atoms with E-state index in [1.165, 1.54) is 12.0 Å². The zero-order chi connectivity index (χ0) is 26.4. The van der Waals surface area contributed by atoms with Gasteiger partial charge in [-0.2, -0.15) is 4.99 Å². The Bertz CT molecular complexity index is 1330. The Morgan fingerprint density at radius 3 is 2.57 bits per heavy atom. The zero-order valence-corrected chi connectivity index (χ0v) is 20.6. The summed E-state index contributed by atoms with van der Waals surface area (Å²) in [5.41, 5.74) is 4.90. The molecule has 0 radical (unpaired) electrons. The molecule has 0 saturated carbocycles. The van der Waals surface area contributed by atoms with Crippen molar-refractivity contribution >= 4 is 35.4 Å². The Balaban J connectivity index is 1.38. The van der Waals surface area contributed by atoms with E-state index in [1.807, 2.05) is 4.90 Å². The number of methoxy groups -OCH3 is 1. The summed E-state index contributed by atoms with van der Waals surface area (Å²) in [6, 6.07) is 4.52. The molecular formula is C25H27N7O5. The predicted octanol–water partition coefficient (Wildman–Crippen LogP) is -0.369. The van der Waals surface area contributed by atoms with Gasteiger partial charge in [-0.1, -0.05) is 17.9 Å². The van der Waals surface area contributed by atoms with Crippen molar-refractivity contribution in [3.05, 3.63) is 29.3 Å². The van der Waals surface area contributed by atoms with Crippen molar-refractivity contribution in [3.8, 4) is 17.6 Å². The van der Waals surface area contributed by atoms with Gasteiger partial charge in [0.1, 0.15) is 22.8 Å². The number of rotatable bonds is 3. The summed E-state index contributed by atoms with van der Waals surface area (Å²) in [4.78, 5) is 62.1. The normalized spacial score (nSPS) is 27.1. The molecule has 0 spiro atoms. The molecule has 4 heterocycles. The van der Waals surface area contributed by atoms with E-state index in [1.54, 1.807) is 25.1 Å². The highest BCUT2D eigenvalue weighted by molar-refractivity contribution is 6.10. The van der Waals surface area contributed by atoms with Gasteiger partial charge < -0.3 is 25.6 Å². The van der Waals surface area contributed by atoms with Crippen LogP contribution in [0, 0.1) is 17.3 Å². The number of carbonyl (C=O) groups excluding carboxylic acids is 4. The number of nitrogens with zero attached hydrogens (tertiary/aromatic N) is 4. The maximum atomic E-state index is 13.1. The first-order chi connectivity index (χ1) is 17.6. The van der Waals surface area contributed by atoms with Crippen molar-refractivity contribution in [2.24, 2.45) is 21.1 Å². The predicted molar refractivity (Wildman–Crippen MR) is 133 cm³/mol. The first kappa shape index (κ1) is 24.3. The fourth-order valence-corrected chi connectivity index (χ4v) is 4.66. The largest absolute Gasteiger partial charge is 0.497 e. The van der Waals surface area contributed by atoms with Crippen molar-refractivity contribution < 1.29 is 23.9 Å². The summed E-state index contributed by atoms with van der Waals surface area (Å²) >= 11 is 0. The minimum absolute atomic E-state index is 0.156. The number of hydrogen-bond donors (Lipinski definition) is 3. The number of urea groups is 1. The zero-order valence-electron chi connectivity index (χ0n) is 20.6. The molecular weight excluding hydrogens is 478 g/mol. The van der Waals surface area contributed by atoms with Gasteiger partial charge in [0.2, 0.25) is 5.96 Å². The number of Topliss-reactive ketones (excluding diaryl/α,β-unsaturated/α-hetero) is 1. The highest BCUT2D eigenvalue weighted by Crippen LogP contribution is 2.29. The highest BCUT2D eigenvalue weighted by Gasteiger charge is 2.49. The van der Waals surface area contributed by atoms with Gasteiger partial charge in [-0.05, 0) is 24.6 Å². The molecule has 4 amide bonds. The summed E-state index contributed by atoms with van der Waals surface area (Å²) in [6.07, 6.45) is 0.878. The number of fused-ring (bicyclic) bond motifs is 1. The van der Waals surface area contributed by atoms with E-state index in [9.17, 15) is 19.2 Å². The summed E-state index contributed by atoms with van der Waals surface area (Å²) in [7, 11) is 1.52. The number of nitrogens with two attached hydrogens (primary N) is 1. The van der Waals surface area contributed by atoms with Gasteiger partial charge in [0.05, 0.1) is 20.2 Å². The van der Waals surface area contributed by atoms with Crippen LogP contribution in [-0.4, -0.2) is 84.1 Å². The molecule has 0 aromatic heterocycles. The van der Waals surface area contributed by atoms with Gasteiger partial charge in [0, 0.05) is 38.0 Å². The molecule has 0 bridgehead atoms. The number of guanidine groups is 1. The smallest absolute Gasteiger partial charge is 0.323 e. The van der Waals surface area contributed by atoms with E-state index in [0.29, 0.717) is 43.2 Å². The molecule has 4 aliphatic rings. The van der Waals surface area contributed by atoms with E-state index < -0.39 is 22.9 Å². The van der Waals surface area contributed by atoms with Gasteiger partial charge in [0.15, 0.2) is 5.54 Å². The Morgan fingerprint density at radius 1 is 1.16 bits per heavy atom. The lowest BCUT2D eigenvalue weighted by Gasteiger charge is -2.32. The fourth-order valence-electron chi connectivity index (χ4n) is 4.66. The molecule has 12 nitrogen and oxygen atoms in total. The van der Waals surface area contributed by atoms with Crippen molar-refractivity contribution in [1.29, 1.82) is 0 Å². The molecule has 5 rings (SSSR count). The monoisotopic (exact) mass is 505 g/mol. The Labute approximate surface area is 213 Å².